The number of carboxylic acid groups (broad SMARTS) is 1. The Bertz CT molecular complexity index is 836. The van der Waals surface area contributed by atoms with Crippen LogP contribution < -0.4 is 5.32 Å². The molecule has 3 aromatic rings. The third-order valence-electron chi connectivity index (χ3n) is 3.18. The number of hydrogen-bond acceptors (Lipinski definition) is 2. The third-order valence-corrected chi connectivity index (χ3v) is 3.18. The third kappa shape index (κ3) is 2.62. The van der Waals surface area contributed by atoms with Crippen molar-refractivity contribution in [1.82, 2.24) is 4.98 Å². The van der Waals surface area contributed by atoms with E-state index < -0.39 is 5.97 Å². The molecule has 21 heavy (non-hydrogen) atoms. The number of carbonyl (C=O) groups is 2. The van der Waals surface area contributed by atoms with Gasteiger partial charge in [-0.25, -0.2) is 4.79 Å². The second kappa shape index (κ2) is 5.13. The number of fused-ring (bicyclic) bond motifs is 1. The van der Waals surface area contributed by atoms with Gasteiger partial charge in [0.05, 0.1) is 5.56 Å². The van der Waals surface area contributed by atoms with Crippen molar-refractivity contribution in [2.75, 3.05) is 5.32 Å². The quantitative estimate of drug-likeness (QED) is 0.689. The highest BCUT2D eigenvalue weighted by Crippen LogP contribution is 2.18. The molecule has 5 nitrogen and oxygen atoms in total. The second-order valence-corrected chi connectivity index (χ2v) is 4.62. The van der Waals surface area contributed by atoms with Crippen molar-refractivity contribution in [1.29, 1.82) is 0 Å². The highest BCUT2D eigenvalue weighted by atomic mass is 16.4. The van der Waals surface area contributed by atoms with Crippen molar-refractivity contribution in [3.63, 3.8) is 0 Å². The molecule has 104 valence electrons. The van der Waals surface area contributed by atoms with Crippen LogP contribution in [-0.4, -0.2) is 22.0 Å². The first kappa shape index (κ1) is 12.9. The van der Waals surface area contributed by atoms with Gasteiger partial charge in [0.25, 0.3) is 5.91 Å². The topological polar surface area (TPSA) is 82.2 Å². The van der Waals surface area contributed by atoms with Crippen LogP contribution in [0, 0.1) is 0 Å². The van der Waals surface area contributed by atoms with E-state index in [0.717, 1.165) is 10.9 Å². The highest BCUT2D eigenvalue weighted by molar-refractivity contribution is 6.06. The molecule has 0 saturated carbocycles. The van der Waals surface area contributed by atoms with Gasteiger partial charge in [-0.15, -0.1) is 0 Å². The fraction of sp³-hybridized carbons (Fsp3) is 0. The first-order valence-corrected chi connectivity index (χ1v) is 6.35. The minimum absolute atomic E-state index is 0.0868. The normalized spacial score (nSPS) is 10.5. The number of aromatic carboxylic acids is 1. The van der Waals surface area contributed by atoms with E-state index in [-0.39, 0.29) is 11.5 Å². The largest absolute Gasteiger partial charge is 0.478 e. The summed E-state index contributed by atoms with van der Waals surface area (Å²) >= 11 is 0. The average Bonchev–Trinajstić information content (AvgIpc) is 2.95. The number of benzene rings is 2. The van der Waals surface area contributed by atoms with E-state index in [1.54, 1.807) is 18.2 Å². The minimum atomic E-state index is -1.06. The summed E-state index contributed by atoms with van der Waals surface area (Å²) in [5, 5.41) is 12.7. The summed E-state index contributed by atoms with van der Waals surface area (Å²) in [7, 11) is 0. The number of carboxylic acids is 1. The highest BCUT2D eigenvalue weighted by Gasteiger charge is 2.10. The van der Waals surface area contributed by atoms with Crippen LogP contribution in [0.4, 0.5) is 5.69 Å². The average molecular weight is 280 g/mol. The zero-order valence-corrected chi connectivity index (χ0v) is 11.0. The van der Waals surface area contributed by atoms with Crippen LogP contribution in [-0.2, 0) is 0 Å². The van der Waals surface area contributed by atoms with E-state index in [1.807, 2.05) is 24.4 Å². The molecule has 3 rings (SSSR count). The smallest absolute Gasteiger partial charge is 0.335 e. The first-order valence-electron chi connectivity index (χ1n) is 6.35. The van der Waals surface area contributed by atoms with Gasteiger partial charge in [-0.3, -0.25) is 4.79 Å². The molecule has 1 aromatic heterocycles. The number of rotatable bonds is 3. The Morgan fingerprint density at radius 3 is 2.62 bits per heavy atom. The zero-order valence-electron chi connectivity index (χ0n) is 11.0. The van der Waals surface area contributed by atoms with Crippen molar-refractivity contribution in [3.8, 4) is 0 Å². The predicted octanol–water partition coefficient (Wildman–Crippen LogP) is 3.12. The van der Waals surface area contributed by atoms with Crippen LogP contribution in [0.1, 0.15) is 20.7 Å². The lowest BCUT2D eigenvalue weighted by molar-refractivity contribution is 0.0697. The van der Waals surface area contributed by atoms with E-state index in [1.165, 1.54) is 12.1 Å². The lowest BCUT2D eigenvalue weighted by Crippen LogP contribution is -2.12. The number of H-pyrrole nitrogens is 1. The molecule has 0 spiro atoms. The van der Waals surface area contributed by atoms with Gasteiger partial charge in [-0.1, -0.05) is 6.07 Å². The van der Waals surface area contributed by atoms with Gasteiger partial charge in [0.1, 0.15) is 0 Å². The van der Waals surface area contributed by atoms with Crippen molar-refractivity contribution in [3.05, 3.63) is 65.9 Å². The molecule has 0 aliphatic carbocycles. The van der Waals surface area contributed by atoms with Crippen molar-refractivity contribution < 1.29 is 14.7 Å². The molecule has 0 aliphatic rings. The summed E-state index contributed by atoms with van der Waals surface area (Å²) in [5.74, 6) is -1.40. The number of aromatic amines is 1. The van der Waals surface area contributed by atoms with E-state index in [4.69, 9.17) is 5.11 Å². The summed E-state index contributed by atoms with van der Waals surface area (Å²) in [6, 6.07) is 13.4. The van der Waals surface area contributed by atoms with Gasteiger partial charge in [-0.05, 0) is 42.5 Å². The molecule has 3 N–H and O–H groups in total. The van der Waals surface area contributed by atoms with Crippen molar-refractivity contribution >= 4 is 28.5 Å². The Kier molecular flexibility index (Phi) is 3.16. The molecule has 0 fully saturated rings. The Labute approximate surface area is 120 Å². The van der Waals surface area contributed by atoms with E-state index in [9.17, 15) is 9.59 Å². The zero-order chi connectivity index (χ0) is 14.8. The fourth-order valence-corrected chi connectivity index (χ4v) is 2.13. The van der Waals surface area contributed by atoms with Crippen LogP contribution in [0.15, 0.2) is 54.7 Å². The maximum atomic E-state index is 12.2. The lowest BCUT2D eigenvalue weighted by Gasteiger charge is -2.06. The number of anilines is 1. The SMILES string of the molecule is O=C(O)c1cccc(C(=O)Nc2ccc3[nH]ccc3c2)c1. The van der Waals surface area contributed by atoms with Crippen molar-refractivity contribution in [2.24, 2.45) is 0 Å². The number of aromatic nitrogens is 1. The summed E-state index contributed by atoms with van der Waals surface area (Å²) in [5.41, 5.74) is 2.04. The molecular weight excluding hydrogens is 268 g/mol. The Balaban J connectivity index is 1.85. The van der Waals surface area contributed by atoms with Crippen LogP contribution in [0.5, 0.6) is 0 Å². The molecule has 0 radical (unpaired) electrons. The Hall–Kier alpha value is -3.08. The molecule has 0 bridgehead atoms. The van der Waals surface area contributed by atoms with Gasteiger partial charge >= 0.3 is 5.97 Å². The molecule has 5 heteroatoms. The minimum Gasteiger partial charge on any atom is -0.478 e. The predicted molar refractivity (Wildman–Crippen MR) is 79.7 cm³/mol. The Morgan fingerprint density at radius 2 is 1.81 bits per heavy atom. The monoisotopic (exact) mass is 280 g/mol. The van der Waals surface area contributed by atoms with E-state index >= 15 is 0 Å². The molecule has 0 unspecified atom stereocenters. The van der Waals surface area contributed by atoms with Crippen LogP contribution in [0.3, 0.4) is 0 Å². The van der Waals surface area contributed by atoms with Crippen LogP contribution in [0.25, 0.3) is 10.9 Å². The van der Waals surface area contributed by atoms with Crippen LogP contribution >= 0.6 is 0 Å². The molecule has 0 atom stereocenters. The molecule has 0 aliphatic heterocycles. The molecule has 1 heterocycles. The number of nitrogens with one attached hydrogen (secondary N) is 2. The standard InChI is InChI=1S/C16H12N2O3/c19-15(11-2-1-3-12(8-11)16(20)21)18-13-4-5-14-10(9-13)6-7-17-14/h1-9,17H,(H,18,19)(H,20,21). The molecule has 2 aromatic carbocycles. The lowest BCUT2D eigenvalue weighted by atomic mass is 10.1. The number of hydrogen-bond donors (Lipinski definition) is 3. The first-order chi connectivity index (χ1) is 10.1. The summed E-state index contributed by atoms with van der Waals surface area (Å²) in [6.45, 7) is 0. The maximum Gasteiger partial charge on any atom is 0.335 e. The summed E-state index contributed by atoms with van der Waals surface area (Å²) in [6.07, 6.45) is 1.83. The fourth-order valence-electron chi connectivity index (χ4n) is 2.13. The number of carbonyl (C=O) groups excluding carboxylic acids is 1. The molecular formula is C16H12N2O3. The Morgan fingerprint density at radius 1 is 1.00 bits per heavy atom. The molecule has 1 amide bonds. The van der Waals surface area contributed by atoms with Gasteiger partial charge in [0.2, 0.25) is 0 Å². The van der Waals surface area contributed by atoms with Gasteiger partial charge in [-0.2, -0.15) is 0 Å². The summed E-state index contributed by atoms with van der Waals surface area (Å²) < 4.78 is 0. The van der Waals surface area contributed by atoms with Crippen molar-refractivity contribution in [2.45, 2.75) is 0 Å². The van der Waals surface area contributed by atoms with Gasteiger partial charge < -0.3 is 15.4 Å². The van der Waals surface area contributed by atoms with Gasteiger partial charge in [0.15, 0.2) is 0 Å². The second-order valence-electron chi connectivity index (χ2n) is 4.62. The number of amides is 1. The summed E-state index contributed by atoms with van der Waals surface area (Å²) in [4.78, 5) is 26.1. The van der Waals surface area contributed by atoms with E-state index in [0.29, 0.717) is 11.3 Å². The van der Waals surface area contributed by atoms with Gasteiger partial charge in [0, 0.05) is 28.4 Å². The molecule has 0 saturated heterocycles. The maximum absolute atomic E-state index is 12.2. The van der Waals surface area contributed by atoms with E-state index in [2.05, 4.69) is 10.3 Å². The van der Waals surface area contributed by atoms with Crippen LogP contribution in [0.2, 0.25) is 0 Å².